The molecule has 0 aliphatic heterocycles. The van der Waals surface area contributed by atoms with E-state index in [0.717, 1.165) is 0 Å². The zero-order valence-electron chi connectivity index (χ0n) is 9.22. The van der Waals surface area contributed by atoms with E-state index in [1.54, 1.807) is 6.92 Å². The Kier molecular flexibility index (Phi) is 3.60. The average molecular weight is 218 g/mol. The van der Waals surface area contributed by atoms with Gasteiger partial charge in [0.2, 0.25) is 0 Å². The minimum absolute atomic E-state index is 0.00500. The number of carbonyl (C=O) groups is 1. The molecule has 1 rings (SSSR count). The lowest BCUT2D eigenvalue weighted by atomic mass is 9.77. The highest BCUT2D eigenvalue weighted by Crippen LogP contribution is 2.37. The molecule has 15 heavy (non-hydrogen) atoms. The van der Waals surface area contributed by atoms with Crippen molar-refractivity contribution in [3.63, 3.8) is 0 Å². The van der Waals surface area contributed by atoms with Crippen molar-refractivity contribution in [2.24, 2.45) is 5.92 Å². The van der Waals surface area contributed by atoms with Crippen molar-refractivity contribution in [1.82, 2.24) is 0 Å². The lowest BCUT2D eigenvalue weighted by Gasteiger charge is -2.38. The quantitative estimate of drug-likeness (QED) is 0.728. The molecule has 0 bridgehead atoms. The van der Waals surface area contributed by atoms with Gasteiger partial charge in [-0.1, -0.05) is 13.0 Å². The molecule has 0 saturated heterocycles. The number of hydrogen-bond acceptors (Lipinski definition) is 2. The van der Waals surface area contributed by atoms with Crippen LogP contribution in [0.15, 0.2) is 11.6 Å². The van der Waals surface area contributed by atoms with Crippen LogP contribution in [-0.4, -0.2) is 18.0 Å². The molecule has 0 fully saturated rings. The monoisotopic (exact) mass is 218 g/mol. The highest BCUT2D eigenvalue weighted by molar-refractivity contribution is 5.93. The average Bonchev–Trinajstić information content (AvgIpc) is 2.08. The molecule has 2 nitrogen and oxygen atoms in total. The van der Waals surface area contributed by atoms with Crippen LogP contribution in [0.2, 0.25) is 0 Å². The molecule has 0 N–H and O–H groups in total. The van der Waals surface area contributed by atoms with E-state index in [-0.39, 0.29) is 18.1 Å². The van der Waals surface area contributed by atoms with Crippen LogP contribution in [0.4, 0.5) is 8.78 Å². The van der Waals surface area contributed by atoms with Gasteiger partial charge >= 0.3 is 6.61 Å². The Morgan fingerprint density at radius 1 is 1.67 bits per heavy atom. The van der Waals surface area contributed by atoms with Crippen LogP contribution in [0, 0.1) is 5.92 Å². The predicted octanol–water partition coefficient (Wildman–Crippen LogP) is 2.93. The molecule has 0 heterocycles. The number of allylic oxidation sites excluding steroid dienone is 1. The number of Topliss-reactive ketones (excluding diaryl/α,β-unsaturated/α-hetero) is 1. The highest BCUT2D eigenvalue weighted by atomic mass is 19.3. The fraction of sp³-hybridized carbons (Fsp3) is 0.727. The van der Waals surface area contributed by atoms with E-state index < -0.39 is 12.2 Å². The standard InChI is InChI=1S/C11H16F2O2/c1-7-4-5-9(8(2)14)6-11(7,3)15-10(12)13/h5,7,10H,4,6H2,1-3H3. The van der Waals surface area contributed by atoms with Crippen molar-refractivity contribution in [1.29, 1.82) is 0 Å². The lowest BCUT2D eigenvalue weighted by molar-refractivity contribution is -0.219. The summed E-state index contributed by atoms with van der Waals surface area (Å²) >= 11 is 0. The SMILES string of the molecule is CC(=O)C1=CCC(C)C(C)(OC(F)F)C1. The normalized spacial score (nSPS) is 31.6. The Morgan fingerprint density at radius 2 is 2.27 bits per heavy atom. The number of hydrogen-bond donors (Lipinski definition) is 0. The first-order valence-corrected chi connectivity index (χ1v) is 5.01. The van der Waals surface area contributed by atoms with E-state index in [1.807, 2.05) is 13.0 Å². The van der Waals surface area contributed by atoms with Crippen LogP contribution >= 0.6 is 0 Å². The van der Waals surface area contributed by atoms with Crippen molar-refractivity contribution in [2.75, 3.05) is 0 Å². The van der Waals surface area contributed by atoms with Crippen molar-refractivity contribution >= 4 is 5.78 Å². The molecule has 1 aliphatic rings. The summed E-state index contributed by atoms with van der Waals surface area (Å²) in [5.41, 5.74) is -0.333. The van der Waals surface area contributed by atoms with Gasteiger partial charge in [-0.2, -0.15) is 8.78 Å². The molecule has 0 saturated carbocycles. The molecule has 0 aromatic rings. The Balaban J connectivity index is 2.82. The third kappa shape index (κ3) is 2.84. The second-order valence-corrected chi connectivity index (χ2v) is 4.29. The van der Waals surface area contributed by atoms with Crippen molar-refractivity contribution in [2.45, 2.75) is 45.8 Å². The first-order chi connectivity index (χ1) is 6.85. The van der Waals surface area contributed by atoms with Crippen molar-refractivity contribution in [3.8, 4) is 0 Å². The van der Waals surface area contributed by atoms with Crippen molar-refractivity contribution < 1.29 is 18.3 Å². The van der Waals surface area contributed by atoms with Gasteiger partial charge in [-0.05, 0) is 31.8 Å². The lowest BCUT2D eigenvalue weighted by Crippen LogP contribution is -2.41. The van der Waals surface area contributed by atoms with E-state index >= 15 is 0 Å². The maximum Gasteiger partial charge on any atom is 0.345 e. The van der Waals surface area contributed by atoms with Gasteiger partial charge in [0.25, 0.3) is 0 Å². The number of ketones is 1. The number of ether oxygens (including phenoxy) is 1. The second-order valence-electron chi connectivity index (χ2n) is 4.29. The molecule has 86 valence electrons. The molecule has 0 radical (unpaired) electrons. The molecule has 4 heteroatoms. The summed E-state index contributed by atoms with van der Waals surface area (Å²) in [6.45, 7) is 2.16. The third-order valence-corrected chi connectivity index (χ3v) is 3.11. The number of rotatable bonds is 3. The van der Waals surface area contributed by atoms with Gasteiger partial charge < -0.3 is 4.74 Å². The van der Waals surface area contributed by atoms with Gasteiger partial charge in [0.15, 0.2) is 5.78 Å². The van der Waals surface area contributed by atoms with Gasteiger partial charge in [0.1, 0.15) is 0 Å². The largest absolute Gasteiger partial charge is 0.345 e. The molecule has 0 aromatic heterocycles. The van der Waals surface area contributed by atoms with Crippen LogP contribution < -0.4 is 0 Å². The van der Waals surface area contributed by atoms with E-state index in [2.05, 4.69) is 4.74 Å². The van der Waals surface area contributed by atoms with Crippen LogP contribution in [0.1, 0.15) is 33.6 Å². The summed E-state index contributed by atoms with van der Waals surface area (Å²) in [4.78, 5) is 11.2. The summed E-state index contributed by atoms with van der Waals surface area (Å²) in [6, 6.07) is 0. The molecule has 0 amide bonds. The second kappa shape index (κ2) is 4.39. The maximum absolute atomic E-state index is 12.2. The first-order valence-electron chi connectivity index (χ1n) is 5.01. The Morgan fingerprint density at radius 3 is 2.73 bits per heavy atom. The summed E-state index contributed by atoms with van der Waals surface area (Å²) < 4.78 is 29.1. The maximum atomic E-state index is 12.2. The van der Waals surface area contributed by atoms with E-state index in [0.29, 0.717) is 12.0 Å². The van der Waals surface area contributed by atoms with E-state index in [9.17, 15) is 13.6 Å². The molecule has 2 unspecified atom stereocenters. The van der Waals surface area contributed by atoms with Crippen LogP contribution in [-0.2, 0) is 9.53 Å². The molecule has 0 aromatic carbocycles. The number of alkyl halides is 2. The fourth-order valence-corrected chi connectivity index (χ4v) is 1.82. The van der Waals surface area contributed by atoms with Gasteiger partial charge in [0, 0.05) is 6.42 Å². The summed E-state index contributed by atoms with van der Waals surface area (Å²) in [5, 5.41) is 0. The van der Waals surface area contributed by atoms with Crippen LogP contribution in [0.25, 0.3) is 0 Å². The summed E-state index contributed by atoms with van der Waals surface area (Å²) in [6.07, 6.45) is 2.70. The van der Waals surface area contributed by atoms with Gasteiger partial charge in [0.05, 0.1) is 5.60 Å². The van der Waals surface area contributed by atoms with Gasteiger partial charge in [-0.25, -0.2) is 0 Å². The predicted molar refractivity (Wildman–Crippen MR) is 52.7 cm³/mol. The molecular formula is C11H16F2O2. The Labute approximate surface area is 88.3 Å². The first kappa shape index (κ1) is 12.3. The Bertz CT molecular complexity index is 286. The van der Waals surface area contributed by atoms with E-state index in [1.165, 1.54) is 6.92 Å². The number of carbonyl (C=O) groups excluding carboxylic acids is 1. The molecule has 0 spiro atoms. The topological polar surface area (TPSA) is 26.3 Å². The zero-order chi connectivity index (χ0) is 11.6. The molecular weight excluding hydrogens is 202 g/mol. The van der Waals surface area contributed by atoms with Crippen LogP contribution in [0.3, 0.4) is 0 Å². The number of halogens is 2. The van der Waals surface area contributed by atoms with Gasteiger partial charge in [-0.3, -0.25) is 4.79 Å². The summed E-state index contributed by atoms with van der Waals surface area (Å²) in [5.74, 6) is -0.0689. The third-order valence-electron chi connectivity index (χ3n) is 3.11. The smallest absolute Gasteiger partial charge is 0.316 e. The van der Waals surface area contributed by atoms with Gasteiger partial charge in [-0.15, -0.1) is 0 Å². The fourth-order valence-electron chi connectivity index (χ4n) is 1.82. The van der Waals surface area contributed by atoms with Crippen LogP contribution in [0.5, 0.6) is 0 Å². The van der Waals surface area contributed by atoms with E-state index in [4.69, 9.17) is 0 Å². The minimum Gasteiger partial charge on any atom is -0.316 e. The highest BCUT2D eigenvalue weighted by Gasteiger charge is 2.38. The zero-order valence-corrected chi connectivity index (χ0v) is 9.22. The molecule has 2 atom stereocenters. The minimum atomic E-state index is -2.79. The summed E-state index contributed by atoms with van der Waals surface area (Å²) in [7, 11) is 0. The molecule has 1 aliphatic carbocycles. The Hall–Kier alpha value is -0.770. The van der Waals surface area contributed by atoms with Crippen molar-refractivity contribution in [3.05, 3.63) is 11.6 Å².